The van der Waals surface area contributed by atoms with Crippen molar-refractivity contribution in [1.82, 2.24) is 4.83 Å². The molecule has 0 radical (unpaired) electrons. The molecular weight excluding hydrogens is 354 g/mol. The van der Waals surface area contributed by atoms with Gasteiger partial charge in [0.15, 0.2) is 0 Å². The molecule has 7 nitrogen and oxygen atoms in total. The van der Waals surface area contributed by atoms with E-state index in [2.05, 4.69) is 30.7 Å². The third kappa shape index (κ3) is 4.66. The van der Waals surface area contributed by atoms with Crippen LogP contribution in [0.4, 0.5) is 5.69 Å². The van der Waals surface area contributed by atoms with Crippen LogP contribution in [0.5, 0.6) is 0 Å². The number of nitrogens with zero attached hydrogens (tertiary/aromatic N) is 2. The maximum Gasteiger partial charge on any atom is 0.276 e. The maximum atomic E-state index is 12.2. The molecule has 0 amide bonds. The van der Waals surface area contributed by atoms with Crippen molar-refractivity contribution in [1.29, 1.82) is 0 Å². The quantitative estimate of drug-likeness (QED) is 0.491. The molecule has 2 aromatic rings. The molecule has 26 heavy (non-hydrogen) atoms. The van der Waals surface area contributed by atoms with Crippen molar-refractivity contribution in [3.05, 3.63) is 69.3 Å². The van der Waals surface area contributed by atoms with Crippen LogP contribution in [0.15, 0.2) is 52.5 Å². The fourth-order valence-electron chi connectivity index (χ4n) is 2.25. The number of hydrogen-bond acceptors (Lipinski definition) is 5. The minimum absolute atomic E-state index is 0.0252. The molecule has 0 aliphatic heterocycles. The van der Waals surface area contributed by atoms with E-state index in [0.717, 1.165) is 17.2 Å². The third-order valence-corrected chi connectivity index (χ3v) is 5.07. The van der Waals surface area contributed by atoms with Gasteiger partial charge in [-0.25, -0.2) is 4.83 Å². The van der Waals surface area contributed by atoms with Gasteiger partial charge in [0.1, 0.15) is 0 Å². The average Bonchev–Trinajstić information content (AvgIpc) is 2.54. The van der Waals surface area contributed by atoms with E-state index >= 15 is 0 Å². The lowest BCUT2D eigenvalue weighted by Gasteiger charge is -2.18. The standard InChI is InChI=1S/C18H21N3O4S/c1-13-5-10-16(11-17(13)21(22)23)26(24,25)20-19-12-14-6-8-15(9-7-14)18(2,3)4/h5-12,20H,1-4H3. The van der Waals surface area contributed by atoms with Gasteiger partial charge in [0.2, 0.25) is 0 Å². The van der Waals surface area contributed by atoms with Crippen molar-refractivity contribution in [3.63, 3.8) is 0 Å². The molecule has 2 aromatic carbocycles. The van der Waals surface area contributed by atoms with Crippen LogP contribution in [0.3, 0.4) is 0 Å². The highest BCUT2D eigenvalue weighted by molar-refractivity contribution is 7.89. The van der Waals surface area contributed by atoms with E-state index in [1.165, 1.54) is 18.3 Å². The van der Waals surface area contributed by atoms with Crippen LogP contribution in [-0.4, -0.2) is 19.6 Å². The Morgan fingerprint density at radius 1 is 1.12 bits per heavy atom. The van der Waals surface area contributed by atoms with Crippen LogP contribution in [-0.2, 0) is 15.4 Å². The van der Waals surface area contributed by atoms with Gasteiger partial charge in [0.25, 0.3) is 15.7 Å². The second-order valence-electron chi connectivity index (χ2n) is 6.93. The van der Waals surface area contributed by atoms with E-state index in [1.54, 1.807) is 6.92 Å². The number of sulfonamides is 1. The van der Waals surface area contributed by atoms with Crippen LogP contribution in [0.1, 0.15) is 37.5 Å². The molecule has 0 unspecified atom stereocenters. The van der Waals surface area contributed by atoms with E-state index in [-0.39, 0.29) is 16.0 Å². The molecule has 1 N–H and O–H groups in total. The summed E-state index contributed by atoms with van der Waals surface area (Å²) in [6, 6.07) is 11.3. The van der Waals surface area contributed by atoms with Gasteiger partial charge in [-0.05, 0) is 29.5 Å². The Labute approximate surface area is 153 Å². The molecular formula is C18H21N3O4S. The van der Waals surface area contributed by atoms with Crippen molar-refractivity contribution in [2.24, 2.45) is 5.10 Å². The Morgan fingerprint density at radius 3 is 2.27 bits per heavy atom. The first-order chi connectivity index (χ1) is 12.0. The molecule has 0 aliphatic rings. The number of hydrogen-bond donors (Lipinski definition) is 1. The zero-order chi connectivity index (χ0) is 19.5. The van der Waals surface area contributed by atoms with Gasteiger partial charge >= 0.3 is 0 Å². The molecule has 2 rings (SSSR count). The second kappa shape index (κ2) is 7.25. The van der Waals surface area contributed by atoms with Gasteiger partial charge in [-0.15, -0.1) is 0 Å². The Hall–Kier alpha value is -2.74. The number of rotatable bonds is 5. The number of nitro groups is 1. The van der Waals surface area contributed by atoms with Crippen LogP contribution in [0.2, 0.25) is 0 Å². The van der Waals surface area contributed by atoms with Crippen LogP contribution < -0.4 is 4.83 Å². The lowest BCUT2D eigenvalue weighted by atomic mass is 9.87. The summed E-state index contributed by atoms with van der Waals surface area (Å²) in [7, 11) is -3.99. The maximum absolute atomic E-state index is 12.2. The summed E-state index contributed by atoms with van der Waals surface area (Å²) < 4.78 is 24.5. The molecule has 138 valence electrons. The molecule has 0 bridgehead atoms. The highest BCUT2D eigenvalue weighted by Crippen LogP contribution is 2.23. The molecule has 0 fully saturated rings. The lowest BCUT2D eigenvalue weighted by Crippen LogP contribution is -2.18. The Kier molecular flexibility index (Phi) is 5.46. The summed E-state index contributed by atoms with van der Waals surface area (Å²) in [5.74, 6) is 0. The smallest absolute Gasteiger partial charge is 0.258 e. The predicted octanol–water partition coefficient (Wildman–Crippen LogP) is 3.51. The van der Waals surface area contributed by atoms with Crippen LogP contribution in [0, 0.1) is 17.0 Å². The number of aryl methyl sites for hydroxylation is 1. The zero-order valence-corrected chi connectivity index (χ0v) is 15.9. The molecule has 0 spiro atoms. The van der Waals surface area contributed by atoms with Gasteiger partial charge in [0, 0.05) is 11.6 Å². The van der Waals surface area contributed by atoms with E-state index in [1.807, 2.05) is 24.3 Å². The Balaban J connectivity index is 2.16. The van der Waals surface area contributed by atoms with Crippen molar-refractivity contribution in [2.45, 2.75) is 38.0 Å². The van der Waals surface area contributed by atoms with Crippen molar-refractivity contribution in [3.8, 4) is 0 Å². The average molecular weight is 375 g/mol. The van der Waals surface area contributed by atoms with Crippen molar-refractivity contribution < 1.29 is 13.3 Å². The summed E-state index contributed by atoms with van der Waals surface area (Å²) in [6.07, 6.45) is 1.38. The van der Waals surface area contributed by atoms with Crippen molar-refractivity contribution in [2.75, 3.05) is 0 Å². The van der Waals surface area contributed by atoms with Crippen LogP contribution >= 0.6 is 0 Å². The second-order valence-corrected chi connectivity index (χ2v) is 8.59. The normalized spacial score (nSPS) is 12.3. The number of hydrazone groups is 1. The summed E-state index contributed by atoms with van der Waals surface area (Å²) in [5.41, 5.74) is 2.04. The fourth-order valence-corrected chi connectivity index (χ4v) is 3.06. The minimum atomic E-state index is -3.99. The summed E-state index contributed by atoms with van der Waals surface area (Å²) in [4.78, 5) is 12.2. The van der Waals surface area contributed by atoms with E-state index < -0.39 is 14.9 Å². The third-order valence-electron chi connectivity index (χ3n) is 3.85. The van der Waals surface area contributed by atoms with Gasteiger partial charge in [-0.2, -0.15) is 13.5 Å². The van der Waals surface area contributed by atoms with Gasteiger partial charge in [-0.1, -0.05) is 51.1 Å². The number of nitrogens with one attached hydrogen (secondary N) is 1. The molecule has 8 heteroatoms. The first-order valence-corrected chi connectivity index (χ1v) is 9.39. The summed E-state index contributed by atoms with van der Waals surface area (Å²) in [5, 5.41) is 14.7. The largest absolute Gasteiger partial charge is 0.276 e. The predicted molar refractivity (Wildman–Crippen MR) is 101 cm³/mol. The lowest BCUT2D eigenvalue weighted by molar-refractivity contribution is -0.385. The summed E-state index contributed by atoms with van der Waals surface area (Å²) in [6.45, 7) is 7.85. The number of nitro benzene ring substituents is 1. The van der Waals surface area contributed by atoms with Crippen LogP contribution in [0.25, 0.3) is 0 Å². The summed E-state index contributed by atoms with van der Waals surface area (Å²) >= 11 is 0. The van der Waals surface area contributed by atoms with Gasteiger partial charge in [0.05, 0.1) is 16.0 Å². The fraction of sp³-hybridized carbons (Fsp3) is 0.278. The minimum Gasteiger partial charge on any atom is -0.258 e. The van der Waals surface area contributed by atoms with Gasteiger partial charge in [-0.3, -0.25) is 10.1 Å². The molecule has 0 aliphatic carbocycles. The first kappa shape index (κ1) is 19.6. The van der Waals surface area contributed by atoms with Gasteiger partial charge < -0.3 is 0 Å². The highest BCUT2D eigenvalue weighted by atomic mass is 32.2. The SMILES string of the molecule is Cc1ccc(S(=O)(=O)NN=Cc2ccc(C(C)(C)C)cc2)cc1[N+](=O)[O-]. The Morgan fingerprint density at radius 2 is 1.73 bits per heavy atom. The number of benzene rings is 2. The Bertz CT molecular complexity index is 943. The molecule has 0 heterocycles. The van der Waals surface area contributed by atoms with E-state index in [0.29, 0.717) is 5.56 Å². The molecule has 0 saturated heterocycles. The van der Waals surface area contributed by atoms with E-state index in [9.17, 15) is 18.5 Å². The first-order valence-electron chi connectivity index (χ1n) is 7.91. The molecule has 0 saturated carbocycles. The zero-order valence-electron chi connectivity index (χ0n) is 15.1. The van der Waals surface area contributed by atoms with E-state index in [4.69, 9.17) is 0 Å². The molecule has 0 aromatic heterocycles. The highest BCUT2D eigenvalue weighted by Gasteiger charge is 2.19. The van der Waals surface area contributed by atoms with Crippen molar-refractivity contribution >= 4 is 21.9 Å². The topological polar surface area (TPSA) is 102 Å². The monoisotopic (exact) mass is 375 g/mol. The molecule has 0 atom stereocenters.